The van der Waals surface area contributed by atoms with E-state index in [2.05, 4.69) is 4.72 Å². The molecular weight excluding hydrogens is 321 g/mol. The van der Waals surface area contributed by atoms with Gasteiger partial charge >= 0.3 is 0 Å². The molecule has 1 saturated carbocycles. The van der Waals surface area contributed by atoms with Crippen molar-refractivity contribution in [2.75, 3.05) is 0 Å². The van der Waals surface area contributed by atoms with Gasteiger partial charge in [-0.2, -0.15) is 0 Å². The van der Waals surface area contributed by atoms with Crippen molar-refractivity contribution >= 4 is 11.0 Å². The SMILES string of the molecule is CC(C)(C)[S@@](=O)N[C@@H](c1ccccc1)c1ccc(C2CC2)c(F)c1. The smallest absolute Gasteiger partial charge is 0.127 e. The molecule has 2 aromatic carbocycles. The summed E-state index contributed by atoms with van der Waals surface area (Å²) in [7, 11) is -1.25. The second-order valence-corrected chi connectivity index (χ2v) is 9.40. The number of rotatable bonds is 5. The van der Waals surface area contributed by atoms with Crippen LogP contribution < -0.4 is 4.72 Å². The minimum Gasteiger partial charge on any atom is -0.242 e. The number of halogens is 1. The second kappa shape index (κ2) is 6.77. The maximum Gasteiger partial charge on any atom is 0.127 e. The van der Waals surface area contributed by atoms with Crippen molar-refractivity contribution < 1.29 is 8.60 Å². The molecule has 0 aliphatic heterocycles. The molecule has 24 heavy (non-hydrogen) atoms. The fourth-order valence-corrected chi connectivity index (χ4v) is 3.55. The van der Waals surface area contributed by atoms with E-state index in [1.165, 1.54) is 0 Å². The molecule has 2 aromatic rings. The molecular formula is C20H24FNOS. The first-order valence-corrected chi connectivity index (χ1v) is 9.53. The summed E-state index contributed by atoms with van der Waals surface area (Å²) in [5.74, 6) is 0.227. The highest BCUT2D eigenvalue weighted by Crippen LogP contribution is 2.41. The number of benzene rings is 2. The molecule has 0 saturated heterocycles. The summed E-state index contributed by atoms with van der Waals surface area (Å²) < 4.78 is 29.9. The summed E-state index contributed by atoms with van der Waals surface area (Å²) >= 11 is 0. The molecule has 0 bridgehead atoms. The summed E-state index contributed by atoms with van der Waals surface area (Å²) in [5.41, 5.74) is 2.59. The molecule has 0 unspecified atom stereocenters. The van der Waals surface area contributed by atoms with Crippen molar-refractivity contribution in [2.45, 2.75) is 50.3 Å². The predicted molar refractivity (Wildman–Crippen MR) is 97.7 cm³/mol. The first-order valence-electron chi connectivity index (χ1n) is 8.38. The summed E-state index contributed by atoms with van der Waals surface area (Å²) in [5, 5.41) is 0. The molecule has 1 aliphatic carbocycles. The maximum atomic E-state index is 14.5. The van der Waals surface area contributed by atoms with Gasteiger partial charge in [0, 0.05) is 0 Å². The van der Waals surface area contributed by atoms with E-state index in [0.717, 1.165) is 29.5 Å². The highest BCUT2D eigenvalue weighted by molar-refractivity contribution is 7.84. The van der Waals surface area contributed by atoms with Crippen molar-refractivity contribution in [1.29, 1.82) is 0 Å². The Balaban J connectivity index is 1.95. The van der Waals surface area contributed by atoms with Gasteiger partial charge < -0.3 is 0 Å². The lowest BCUT2D eigenvalue weighted by molar-refractivity contribution is 0.601. The maximum absolute atomic E-state index is 14.5. The number of hydrogen-bond acceptors (Lipinski definition) is 1. The average Bonchev–Trinajstić information content (AvgIpc) is 3.37. The Kier molecular flexibility index (Phi) is 4.88. The zero-order valence-electron chi connectivity index (χ0n) is 14.4. The monoisotopic (exact) mass is 345 g/mol. The Bertz CT molecular complexity index is 735. The Morgan fingerprint density at radius 2 is 1.75 bits per heavy atom. The molecule has 128 valence electrons. The highest BCUT2D eigenvalue weighted by Gasteiger charge is 2.28. The molecule has 1 fully saturated rings. The average molecular weight is 345 g/mol. The summed E-state index contributed by atoms with van der Waals surface area (Å²) in [6, 6.07) is 14.9. The zero-order valence-corrected chi connectivity index (χ0v) is 15.2. The van der Waals surface area contributed by atoms with Gasteiger partial charge in [-0.05, 0) is 62.3 Å². The van der Waals surface area contributed by atoms with Gasteiger partial charge in [-0.1, -0.05) is 42.5 Å². The Morgan fingerprint density at radius 1 is 1.08 bits per heavy atom. The van der Waals surface area contributed by atoms with Gasteiger partial charge in [-0.3, -0.25) is 0 Å². The molecule has 1 aliphatic rings. The lowest BCUT2D eigenvalue weighted by Gasteiger charge is -2.25. The van der Waals surface area contributed by atoms with Gasteiger partial charge in [-0.15, -0.1) is 0 Å². The normalized spacial score (nSPS) is 17.5. The highest BCUT2D eigenvalue weighted by atomic mass is 32.2. The molecule has 1 N–H and O–H groups in total. The van der Waals surface area contributed by atoms with Gasteiger partial charge in [0.25, 0.3) is 0 Å². The van der Waals surface area contributed by atoms with Crippen molar-refractivity contribution in [3.63, 3.8) is 0 Å². The third kappa shape index (κ3) is 3.93. The van der Waals surface area contributed by atoms with Crippen molar-refractivity contribution in [1.82, 2.24) is 4.72 Å². The van der Waals surface area contributed by atoms with Crippen molar-refractivity contribution in [3.05, 3.63) is 71.0 Å². The van der Waals surface area contributed by atoms with Crippen LogP contribution in [-0.2, 0) is 11.0 Å². The van der Waals surface area contributed by atoms with Crippen molar-refractivity contribution in [3.8, 4) is 0 Å². The Morgan fingerprint density at radius 3 is 2.29 bits per heavy atom. The largest absolute Gasteiger partial charge is 0.242 e. The summed E-state index contributed by atoms with van der Waals surface area (Å²) in [6.45, 7) is 5.78. The van der Waals surface area contributed by atoms with Crippen LogP contribution in [0.5, 0.6) is 0 Å². The van der Waals surface area contributed by atoms with E-state index in [1.54, 1.807) is 6.07 Å². The third-order valence-electron chi connectivity index (χ3n) is 4.29. The minimum atomic E-state index is -1.25. The van der Waals surface area contributed by atoms with E-state index in [4.69, 9.17) is 0 Å². The van der Waals surface area contributed by atoms with Gasteiger partial charge in [0.15, 0.2) is 0 Å². The Labute approximate surface area is 146 Å². The molecule has 0 amide bonds. The fourth-order valence-electron chi connectivity index (χ4n) is 2.71. The van der Waals surface area contributed by atoms with E-state index >= 15 is 0 Å². The van der Waals surface area contributed by atoms with Gasteiger partial charge in [0.2, 0.25) is 0 Å². The number of hydrogen-bond donors (Lipinski definition) is 1. The molecule has 0 heterocycles. The number of nitrogens with one attached hydrogen (secondary N) is 1. The zero-order chi connectivity index (χ0) is 17.3. The molecule has 4 heteroatoms. The minimum absolute atomic E-state index is 0.153. The molecule has 3 rings (SSSR count). The topological polar surface area (TPSA) is 29.1 Å². The third-order valence-corrected chi connectivity index (χ3v) is 5.85. The summed E-state index contributed by atoms with van der Waals surface area (Å²) in [6.07, 6.45) is 2.15. The van der Waals surface area contributed by atoms with Crippen LogP contribution in [0, 0.1) is 5.82 Å². The van der Waals surface area contributed by atoms with Crippen LogP contribution in [0.4, 0.5) is 4.39 Å². The van der Waals surface area contributed by atoms with E-state index in [1.807, 2.05) is 63.2 Å². The van der Waals surface area contributed by atoms with Crippen LogP contribution in [0.2, 0.25) is 0 Å². The molecule has 2 atom stereocenters. The predicted octanol–water partition coefficient (Wildman–Crippen LogP) is 4.84. The van der Waals surface area contributed by atoms with Crippen LogP contribution in [0.3, 0.4) is 0 Å². The van der Waals surface area contributed by atoms with Crippen LogP contribution >= 0.6 is 0 Å². The van der Waals surface area contributed by atoms with Crippen LogP contribution in [0.1, 0.15) is 62.3 Å². The standard InChI is InChI=1S/C20H24FNOS/c1-20(2,3)24(23)22-19(15-7-5-4-6-8-15)16-11-12-17(14-9-10-14)18(21)13-16/h4-8,11-14,19,22H,9-10H2,1-3H3/t19-,24+/m0/s1. The van der Waals surface area contributed by atoms with Crippen LogP contribution in [0.25, 0.3) is 0 Å². The lowest BCUT2D eigenvalue weighted by Crippen LogP contribution is -2.36. The second-order valence-electron chi connectivity index (χ2n) is 7.40. The van der Waals surface area contributed by atoms with E-state index in [9.17, 15) is 8.60 Å². The van der Waals surface area contributed by atoms with Crippen LogP contribution in [0.15, 0.2) is 48.5 Å². The van der Waals surface area contributed by atoms with Crippen LogP contribution in [-0.4, -0.2) is 8.96 Å². The molecule has 0 spiro atoms. The van der Waals surface area contributed by atoms with Gasteiger partial charge in [0.1, 0.15) is 5.82 Å². The molecule has 0 radical (unpaired) electrons. The van der Waals surface area contributed by atoms with E-state index < -0.39 is 11.0 Å². The first kappa shape index (κ1) is 17.3. The molecule has 0 aromatic heterocycles. The van der Waals surface area contributed by atoms with E-state index in [-0.39, 0.29) is 16.6 Å². The fraction of sp³-hybridized carbons (Fsp3) is 0.400. The van der Waals surface area contributed by atoms with E-state index in [0.29, 0.717) is 5.92 Å². The first-order chi connectivity index (χ1) is 11.4. The summed E-state index contributed by atoms with van der Waals surface area (Å²) in [4.78, 5) is 0. The lowest BCUT2D eigenvalue weighted by atomic mass is 9.97. The van der Waals surface area contributed by atoms with Gasteiger partial charge in [0.05, 0.1) is 21.8 Å². The van der Waals surface area contributed by atoms with Gasteiger partial charge in [-0.25, -0.2) is 13.3 Å². The molecule has 2 nitrogen and oxygen atoms in total. The Hall–Kier alpha value is -1.52. The quantitative estimate of drug-likeness (QED) is 0.825. The van der Waals surface area contributed by atoms with Crippen molar-refractivity contribution in [2.24, 2.45) is 0 Å².